The van der Waals surface area contributed by atoms with E-state index in [9.17, 15) is 13.0 Å². The van der Waals surface area contributed by atoms with Crippen molar-refractivity contribution in [3.8, 4) is 12.1 Å². The topological polar surface area (TPSA) is 130 Å². The Kier molecular flexibility index (Phi) is 10.7. The van der Waals surface area contributed by atoms with Crippen LogP contribution in [0.3, 0.4) is 0 Å². The summed E-state index contributed by atoms with van der Waals surface area (Å²) in [6.07, 6.45) is 1.57. The molecule has 0 aliphatic carbocycles. The Balaban J connectivity index is 0. The molecule has 0 amide bonds. The molecule has 128 valence electrons. The van der Waals surface area contributed by atoms with E-state index in [0.717, 1.165) is 5.56 Å². The smallest absolute Gasteiger partial charge is 0.744 e. The second-order valence-electron chi connectivity index (χ2n) is 5.77. The maximum absolute atomic E-state index is 10.5. The maximum atomic E-state index is 10.5. The first-order valence-corrected chi connectivity index (χ1v) is 8.23. The van der Waals surface area contributed by atoms with Crippen LogP contribution in [0.4, 0.5) is 0 Å². The molecule has 0 atom stereocenters. The molecule has 0 bridgehead atoms. The van der Waals surface area contributed by atoms with Crippen molar-refractivity contribution in [2.45, 2.75) is 43.7 Å². The molecular weight excluding hydrogens is 351 g/mol. The maximum Gasteiger partial charge on any atom is 1.00 e. The first-order valence-electron chi connectivity index (χ1n) is 6.82. The van der Waals surface area contributed by atoms with Gasteiger partial charge in [-0.1, -0.05) is 24.8 Å². The third-order valence-electron chi connectivity index (χ3n) is 2.50. The summed E-state index contributed by atoms with van der Waals surface area (Å²) in [6, 6.07) is 9.51. The van der Waals surface area contributed by atoms with Crippen LogP contribution >= 0.6 is 0 Å². The molecule has 0 saturated carbocycles. The minimum Gasteiger partial charge on any atom is -0.744 e. The van der Waals surface area contributed by atoms with Gasteiger partial charge < -0.3 is 4.55 Å². The summed E-state index contributed by atoms with van der Waals surface area (Å²) in [5.41, 5.74) is -0.898. The molecule has 0 saturated heterocycles. The van der Waals surface area contributed by atoms with E-state index in [2.05, 4.69) is 16.8 Å². The summed E-state index contributed by atoms with van der Waals surface area (Å²) in [7, 11) is -4.31. The predicted molar refractivity (Wildman–Crippen MR) is 88.7 cm³/mol. The fourth-order valence-corrected chi connectivity index (χ4v) is 1.53. The van der Waals surface area contributed by atoms with E-state index in [0.29, 0.717) is 0 Å². The van der Waals surface area contributed by atoms with Crippen LogP contribution in [-0.2, 0) is 10.1 Å². The second-order valence-corrected chi connectivity index (χ2v) is 7.15. The molecule has 0 heterocycles. The molecule has 7 nitrogen and oxygen atoms in total. The summed E-state index contributed by atoms with van der Waals surface area (Å²) in [5, 5.41) is 24.7. The van der Waals surface area contributed by atoms with Crippen LogP contribution in [0.1, 0.15) is 33.3 Å². The van der Waals surface area contributed by atoms with Gasteiger partial charge in [-0.3, -0.25) is 0 Å². The zero-order chi connectivity index (χ0) is 19.0. The number of hydrogen-bond donors (Lipinski definition) is 0. The van der Waals surface area contributed by atoms with Gasteiger partial charge in [0.2, 0.25) is 0 Å². The summed E-state index contributed by atoms with van der Waals surface area (Å²) in [6.45, 7) is 10.1. The Morgan fingerprint density at radius 2 is 1.40 bits per heavy atom. The molecule has 0 unspecified atom stereocenters. The zero-order valence-electron chi connectivity index (χ0n) is 15.0. The van der Waals surface area contributed by atoms with E-state index in [1.165, 1.54) is 24.3 Å². The number of benzene rings is 1. The molecule has 0 spiro atoms. The van der Waals surface area contributed by atoms with Crippen LogP contribution in [0.2, 0.25) is 0 Å². The van der Waals surface area contributed by atoms with Crippen LogP contribution in [0, 0.1) is 22.7 Å². The van der Waals surface area contributed by atoms with Crippen LogP contribution in [0.5, 0.6) is 0 Å². The first kappa shape index (κ1) is 25.7. The van der Waals surface area contributed by atoms with Crippen molar-refractivity contribution < 1.29 is 42.5 Å². The van der Waals surface area contributed by atoms with E-state index in [1.54, 1.807) is 33.8 Å². The van der Waals surface area contributed by atoms with Crippen molar-refractivity contribution in [3.05, 3.63) is 36.4 Å². The molecule has 0 radical (unpaired) electrons. The Morgan fingerprint density at radius 3 is 1.64 bits per heavy atom. The van der Waals surface area contributed by atoms with Crippen molar-refractivity contribution in [1.29, 1.82) is 10.5 Å². The van der Waals surface area contributed by atoms with Gasteiger partial charge in [0, 0.05) is 0 Å². The van der Waals surface area contributed by atoms with Gasteiger partial charge in [0.15, 0.2) is 11.1 Å². The Hall–Kier alpha value is -1.55. The zero-order valence-corrected chi connectivity index (χ0v) is 17.8. The van der Waals surface area contributed by atoms with Gasteiger partial charge in [0.05, 0.1) is 17.0 Å². The molecule has 1 rings (SSSR count). The molecule has 0 fully saturated rings. The van der Waals surface area contributed by atoms with E-state index in [-0.39, 0.29) is 34.5 Å². The van der Waals surface area contributed by atoms with E-state index in [4.69, 9.17) is 10.5 Å². The Bertz CT molecular complexity index is 758. The van der Waals surface area contributed by atoms with Gasteiger partial charge in [0.25, 0.3) is 0 Å². The van der Waals surface area contributed by atoms with Gasteiger partial charge in [-0.15, -0.1) is 0 Å². The van der Waals surface area contributed by atoms with Gasteiger partial charge in [-0.05, 0) is 45.4 Å². The van der Waals surface area contributed by atoms with Crippen LogP contribution in [0.15, 0.2) is 46.0 Å². The van der Waals surface area contributed by atoms with E-state index in [1.807, 2.05) is 12.1 Å². The summed E-state index contributed by atoms with van der Waals surface area (Å²) < 4.78 is 31.4. The fourth-order valence-electron chi connectivity index (χ4n) is 1.07. The van der Waals surface area contributed by atoms with Crippen LogP contribution in [-0.4, -0.2) is 24.0 Å². The van der Waals surface area contributed by atoms with Crippen molar-refractivity contribution in [2.75, 3.05) is 0 Å². The monoisotopic (exact) mass is 370 g/mol. The number of nitriles is 2. The summed E-state index contributed by atoms with van der Waals surface area (Å²) in [5.74, 6) is 0. The quantitative estimate of drug-likeness (QED) is 0.427. The minimum atomic E-state index is -4.31. The van der Waals surface area contributed by atoms with Gasteiger partial charge in [-0.2, -0.15) is 20.8 Å². The number of azo groups is 1. The predicted octanol–water partition coefficient (Wildman–Crippen LogP) is 0.281. The summed E-state index contributed by atoms with van der Waals surface area (Å²) >= 11 is 0. The fraction of sp³-hybridized carbons (Fsp3) is 0.375. The van der Waals surface area contributed by atoms with Gasteiger partial charge >= 0.3 is 29.6 Å². The van der Waals surface area contributed by atoms with Crippen molar-refractivity contribution in [3.63, 3.8) is 0 Å². The largest absolute Gasteiger partial charge is 1.00 e. The third-order valence-corrected chi connectivity index (χ3v) is 3.35. The van der Waals surface area contributed by atoms with Crippen molar-refractivity contribution >= 4 is 16.2 Å². The molecular formula is C16H19N4NaO3S. The standard InChI is InChI=1S/C8H12N4.C8H8O3S.Na/c1-7(2,5-9)11-12-8(3,4)6-10;1-2-7-3-5-8(6-4-7)12(9,10)11;/h1-4H3;2-6H,1H2,(H,9,10,11);/q;;+1/p-1. The molecule has 0 aliphatic rings. The number of nitrogens with zero attached hydrogens (tertiary/aromatic N) is 4. The van der Waals surface area contributed by atoms with Gasteiger partial charge in [-0.25, -0.2) is 8.42 Å². The third kappa shape index (κ3) is 10.8. The normalized spacial score (nSPS) is 11.3. The molecule has 1 aromatic rings. The molecule has 9 heteroatoms. The van der Waals surface area contributed by atoms with Crippen LogP contribution < -0.4 is 29.6 Å². The molecule has 1 aromatic carbocycles. The first-order chi connectivity index (χ1) is 10.9. The Morgan fingerprint density at radius 1 is 1.04 bits per heavy atom. The number of rotatable bonds is 4. The van der Waals surface area contributed by atoms with E-state index >= 15 is 0 Å². The van der Waals surface area contributed by atoms with E-state index < -0.39 is 21.2 Å². The molecule has 0 aromatic heterocycles. The molecule has 0 aliphatic heterocycles. The van der Waals surface area contributed by atoms with Crippen molar-refractivity contribution in [2.24, 2.45) is 10.2 Å². The average molecular weight is 370 g/mol. The SMILES string of the molecule is C=Cc1ccc(S(=O)(=O)[O-])cc1.CC(C)(C#N)N=NC(C)(C)C#N.[Na+]. The second kappa shape index (κ2) is 10.4. The number of hydrogen-bond acceptors (Lipinski definition) is 7. The molecule has 0 N–H and O–H groups in total. The van der Waals surface area contributed by atoms with Crippen molar-refractivity contribution in [1.82, 2.24) is 0 Å². The van der Waals surface area contributed by atoms with Crippen LogP contribution in [0.25, 0.3) is 6.08 Å². The van der Waals surface area contributed by atoms with Gasteiger partial charge in [0.1, 0.15) is 10.1 Å². The average Bonchev–Trinajstić information content (AvgIpc) is 2.53. The minimum absolute atomic E-state index is 0. The Labute approximate surface area is 171 Å². The molecule has 25 heavy (non-hydrogen) atoms. The summed E-state index contributed by atoms with van der Waals surface area (Å²) in [4.78, 5) is -0.215.